The van der Waals surface area contributed by atoms with Crippen LogP contribution in [0.15, 0.2) is 79.5 Å². The van der Waals surface area contributed by atoms with E-state index in [9.17, 15) is 4.79 Å². The van der Waals surface area contributed by atoms with Crippen LogP contribution in [0.25, 0.3) is 28.3 Å². The SMILES string of the molecule is Cc1ccc(NC(=O)c2cc(-c3cccn4c(-c5ncccn5)ncc34)cnc2C)cc1. The molecule has 0 aliphatic heterocycles. The number of imidazole rings is 1. The fraction of sp³-hybridized carbons (Fsp3) is 0.0800. The van der Waals surface area contributed by atoms with Gasteiger partial charge in [-0.2, -0.15) is 0 Å². The molecule has 4 aromatic heterocycles. The highest BCUT2D eigenvalue weighted by Crippen LogP contribution is 2.28. The van der Waals surface area contributed by atoms with Crippen LogP contribution in [0.2, 0.25) is 0 Å². The summed E-state index contributed by atoms with van der Waals surface area (Å²) in [4.78, 5) is 30.6. The molecule has 4 heterocycles. The van der Waals surface area contributed by atoms with E-state index in [-0.39, 0.29) is 5.91 Å². The van der Waals surface area contributed by atoms with Crippen molar-refractivity contribution in [3.8, 4) is 22.8 Å². The average molecular weight is 420 g/mol. The first-order valence-corrected chi connectivity index (χ1v) is 10.2. The molecule has 7 nitrogen and oxygen atoms in total. The van der Waals surface area contributed by atoms with Crippen molar-refractivity contribution in [3.05, 3.63) is 96.3 Å². The molecule has 32 heavy (non-hydrogen) atoms. The normalized spacial score (nSPS) is 10.9. The predicted molar refractivity (Wildman–Crippen MR) is 123 cm³/mol. The summed E-state index contributed by atoms with van der Waals surface area (Å²) in [7, 11) is 0. The van der Waals surface area contributed by atoms with Gasteiger partial charge in [0.2, 0.25) is 0 Å². The van der Waals surface area contributed by atoms with Crippen molar-refractivity contribution in [2.24, 2.45) is 0 Å². The Morgan fingerprint density at radius 1 is 0.906 bits per heavy atom. The van der Waals surface area contributed by atoms with Crippen LogP contribution in [0.3, 0.4) is 0 Å². The summed E-state index contributed by atoms with van der Waals surface area (Å²) >= 11 is 0. The molecule has 0 spiro atoms. The minimum Gasteiger partial charge on any atom is -0.322 e. The van der Waals surface area contributed by atoms with Crippen molar-refractivity contribution < 1.29 is 4.79 Å². The van der Waals surface area contributed by atoms with E-state index >= 15 is 0 Å². The van der Waals surface area contributed by atoms with Crippen LogP contribution in [0.4, 0.5) is 5.69 Å². The van der Waals surface area contributed by atoms with E-state index < -0.39 is 0 Å². The Labute approximate surface area is 184 Å². The van der Waals surface area contributed by atoms with Crippen LogP contribution >= 0.6 is 0 Å². The van der Waals surface area contributed by atoms with Gasteiger partial charge < -0.3 is 5.32 Å². The molecule has 7 heteroatoms. The van der Waals surface area contributed by atoms with Crippen LogP contribution in [-0.4, -0.2) is 30.2 Å². The Balaban J connectivity index is 1.54. The Kier molecular flexibility index (Phi) is 4.91. The minimum absolute atomic E-state index is 0.195. The van der Waals surface area contributed by atoms with Crippen LogP contribution in [0.5, 0.6) is 0 Å². The van der Waals surface area contributed by atoms with Gasteiger partial charge in [-0.05, 0) is 44.2 Å². The molecule has 0 bridgehead atoms. The summed E-state index contributed by atoms with van der Waals surface area (Å²) in [5.74, 6) is 1.00. The van der Waals surface area contributed by atoms with Gasteiger partial charge >= 0.3 is 0 Å². The fourth-order valence-corrected chi connectivity index (χ4v) is 3.59. The number of carbonyl (C=O) groups excluding carboxylic acids is 1. The summed E-state index contributed by atoms with van der Waals surface area (Å²) in [6, 6.07) is 15.3. The Morgan fingerprint density at radius 2 is 1.69 bits per heavy atom. The van der Waals surface area contributed by atoms with E-state index in [1.807, 2.05) is 66.9 Å². The van der Waals surface area contributed by atoms with Crippen LogP contribution in [0, 0.1) is 13.8 Å². The van der Waals surface area contributed by atoms with Crippen molar-refractivity contribution in [2.45, 2.75) is 13.8 Å². The number of benzene rings is 1. The maximum Gasteiger partial charge on any atom is 0.257 e. The minimum atomic E-state index is -0.195. The summed E-state index contributed by atoms with van der Waals surface area (Å²) in [6.07, 6.45) is 8.86. The number of rotatable bonds is 4. The predicted octanol–water partition coefficient (Wildman–Crippen LogP) is 4.72. The van der Waals surface area contributed by atoms with E-state index in [4.69, 9.17) is 0 Å². The summed E-state index contributed by atoms with van der Waals surface area (Å²) in [5, 5.41) is 2.95. The van der Waals surface area contributed by atoms with E-state index in [1.54, 1.807) is 30.9 Å². The molecule has 0 saturated heterocycles. The quantitative estimate of drug-likeness (QED) is 0.455. The van der Waals surface area contributed by atoms with Crippen molar-refractivity contribution in [1.82, 2.24) is 24.3 Å². The second-order valence-electron chi connectivity index (χ2n) is 7.51. The zero-order chi connectivity index (χ0) is 22.1. The first kappa shape index (κ1) is 19.6. The largest absolute Gasteiger partial charge is 0.322 e. The lowest BCUT2D eigenvalue weighted by molar-refractivity contribution is 0.102. The smallest absolute Gasteiger partial charge is 0.257 e. The van der Waals surface area contributed by atoms with Crippen molar-refractivity contribution in [2.75, 3.05) is 5.32 Å². The van der Waals surface area contributed by atoms with E-state index in [0.29, 0.717) is 22.9 Å². The van der Waals surface area contributed by atoms with Gasteiger partial charge in [0.25, 0.3) is 5.91 Å². The maximum atomic E-state index is 13.0. The Morgan fingerprint density at radius 3 is 2.47 bits per heavy atom. The molecule has 5 rings (SSSR count). The molecule has 0 fully saturated rings. The number of nitrogens with one attached hydrogen (secondary N) is 1. The molecule has 156 valence electrons. The first-order chi connectivity index (χ1) is 15.6. The number of aryl methyl sites for hydroxylation is 2. The van der Waals surface area contributed by atoms with Crippen LogP contribution in [0.1, 0.15) is 21.6 Å². The van der Waals surface area contributed by atoms with Crippen LogP contribution in [-0.2, 0) is 0 Å². The molecule has 1 N–H and O–H groups in total. The van der Waals surface area contributed by atoms with Gasteiger partial charge in [-0.3, -0.25) is 14.2 Å². The lowest BCUT2D eigenvalue weighted by Crippen LogP contribution is -2.14. The van der Waals surface area contributed by atoms with Crippen LogP contribution < -0.4 is 5.32 Å². The fourth-order valence-electron chi connectivity index (χ4n) is 3.59. The zero-order valence-corrected chi connectivity index (χ0v) is 17.6. The van der Waals surface area contributed by atoms with Crippen molar-refractivity contribution in [1.29, 1.82) is 0 Å². The Bertz CT molecular complexity index is 1420. The van der Waals surface area contributed by atoms with Gasteiger partial charge in [0.1, 0.15) is 0 Å². The summed E-state index contributed by atoms with van der Waals surface area (Å²) < 4.78 is 1.94. The van der Waals surface area contributed by atoms with Gasteiger partial charge in [-0.25, -0.2) is 15.0 Å². The second kappa shape index (κ2) is 8.03. The number of pyridine rings is 2. The number of carbonyl (C=O) groups is 1. The van der Waals surface area contributed by atoms with Gasteiger partial charge in [0, 0.05) is 41.6 Å². The molecular weight excluding hydrogens is 400 g/mol. The van der Waals surface area contributed by atoms with E-state index in [2.05, 4.69) is 25.3 Å². The number of aromatic nitrogens is 5. The van der Waals surface area contributed by atoms with Gasteiger partial charge in [-0.1, -0.05) is 23.8 Å². The molecule has 0 aliphatic carbocycles. The third-order valence-corrected chi connectivity index (χ3v) is 5.29. The number of hydrogen-bond donors (Lipinski definition) is 1. The third-order valence-electron chi connectivity index (χ3n) is 5.29. The topological polar surface area (TPSA) is 85.1 Å². The van der Waals surface area contributed by atoms with Gasteiger partial charge in [-0.15, -0.1) is 0 Å². The molecule has 5 aromatic rings. The molecular formula is C25H20N6O. The molecule has 0 radical (unpaired) electrons. The summed E-state index contributed by atoms with van der Waals surface area (Å²) in [6.45, 7) is 3.84. The molecule has 1 aromatic carbocycles. The standard InChI is InChI=1S/C25H20N6O/c1-16-6-8-19(9-7-16)30-25(32)21-13-18(14-28-17(21)2)20-5-3-12-31-22(20)15-29-24(31)23-26-10-4-11-27-23/h3-15H,1-2H3,(H,30,32). The lowest BCUT2D eigenvalue weighted by Gasteiger charge is -2.11. The molecule has 0 saturated carbocycles. The molecule has 1 amide bonds. The number of nitrogens with zero attached hydrogens (tertiary/aromatic N) is 5. The number of anilines is 1. The van der Waals surface area contributed by atoms with Crippen molar-refractivity contribution >= 4 is 17.1 Å². The number of fused-ring (bicyclic) bond motifs is 1. The van der Waals surface area contributed by atoms with Crippen molar-refractivity contribution in [3.63, 3.8) is 0 Å². The second-order valence-corrected chi connectivity index (χ2v) is 7.51. The van der Waals surface area contributed by atoms with Gasteiger partial charge in [0.15, 0.2) is 11.6 Å². The highest BCUT2D eigenvalue weighted by molar-refractivity contribution is 6.05. The zero-order valence-electron chi connectivity index (χ0n) is 17.6. The van der Waals surface area contributed by atoms with Gasteiger partial charge in [0.05, 0.1) is 23.0 Å². The molecule has 0 aliphatic rings. The Hall–Kier alpha value is -4.39. The third kappa shape index (κ3) is 3.60. The highest BCUT2D eigenvalue weighted by Gasteiger charge is 2.16. The average Bonchev–Trinajstić information content (AvgIpc) is 3.26. The first-order valence-electron chi connectivity index (χ1n) is 10.2. The molecule has 0 atom stereocenters. The van der Waals surface area contributed by atoms with E-state index in [0.717, 1.165) is 27.9 Å². The summed E-state index contributed by atoms with van der Waals surface area (Å²) in [5.41, 5.74) is 5.70. The maximum absolute atomic E-state index is 13.0. The number of amides is 1. The number of hydrogen-bond acceptors (Lipinski definition) is 5. The monoisotopic (exact) mass is 420 g/mol. The highest BCUT2D eigenvalue weighted by atomic mass is 16.1. The van der Waals surface area contributed by atoms with E-state index in [1.165, 1.54) is 0 Å². The molecule has 0 unspecified atom stereocenters. The lowest BCUT2D eigenvalue weighted by atomic mass is 10.0.